The third kappa shape index (κ3) is 3.61. The summed E-state index contributed by atoms with van der Waals surface area (Å²) in [6.45, 7) is 0.888. The highest BCUT2D eigenvalue weighted by molar-refractivity contribution is 7.98. The number of hydrogen-bond donors (Lipinski definition) is 0. The Morgan fingerprint density at radius 2 is 2.33 bits per heavy atom. The SMILES string of the molecule is CSCCN(C)c1cc(C#N)cc(Cl)n1. The van der Waals surface area contributed by atoms with Crippen LogP contribution in [-0.4, -0.2) is 30.6 Å². The monoisotopic (exact) mass is 241 g/mol. The molecule has 80 valence electrons. The van der Waals surface area contributed by atoms with E-state index in [-0.39, 0.29) is 0 Å². The second-order valence-corrected chi connectivity index (χ2v) is 4.44. The molecule has 0 atom stereocenters. The van der Waals surface area contributed by atoms with Crippen molar-refractivity contribution in [2.75, 3.05) is 30.5 Å². The van der Waals surface area contributed by atoms with E-state index in [0.29, 0.717) is 10.7 Å². The Balaban J connectivity index is 2.84. The highest BCUT2D eigenvalue weighted by Crippen LogP contribution is 2.16. The van der Waals surface area contributed by atoms with Crippen LogP contribution in [0.5, 0.6) is 0 Å². The van der Waals surface area contributed by atoms with Crippen molar-refractivity contribution in [3.8, 4) is 6.07 Å². The molecule has 0 saturated carbocycles. The van der Waals surface area contributed by atoms with E-state index in [1.54, 1.807) is 23.9 Å². The zero-order valence-corrected chi connectivity index (χ0v) is 10.3. The summed E-state index contributed by atoms with van der Waals surface area (Å²) in [5, 5.41) is 9.15. The van der Waals surface area contributed by atoms with Crippen molar-refractivity contribution in [3.05, 3.63) is 22.8 Å². The van der Waals surface area contributed by atoms with E-state index in [1.165, 1.54) is 0 Å². The molecule has 0 fully saturated rings. The average Bonchev–Trinajstić information content (AvgIpc) is 2.24. The summed E-state index contributed by atoms with van der Waals surface area (Å²) >= 11 is 7.58. The normalized spacial score (nSPS) is 9.73. The van der Waals surface area contributed by atoms with Crippen molar-refractivity contribution in [2.45, 2.75) is 0 Å². The highest BCUT2D eigenvalue weighted by Gasteiger charge is 2.05. The minimum absolute atomic E-state index is 0.361. The zero-order chi connectivity index (χ0) is 11.3. The molecule has 0 bridgehead atoms. The van der Waals surface area contributed by atoms with Gasteiger partial charge in [-0.2, -0.15) is 17.0 Å². The van der Waals surface area contributed by atoms with Gasteiger partial charge < -0.3 is 4.90 Å². The summed E-state index contributed by atoms with van der Waals surface area (Å²) in [5.41, 5.74) is 0.543. The maximum Gasteiger partial charge on any atom is 0.132 e. The molecule has 0 aromatic carbocycles. The molecular formula is C10H12ClN3S. The lowest BCUT2D eigenvalue weighted by atomic mass is 10.3. The first-order chi connectivity index (χ1) is 7.17. The van der Waals surface area contributed by atoms with Crippen molar-refractivity contribution >= 4 is 29.2 Å². The molecule has 1 heterocycles. The molecule has 0 spiro atoms. The standard InChI is InChI=1S/C10H12ClN3S/c1-14(3-4-15-2)10-6-8(7-12)5-9(11)13-10/h5-6H,3-4H2,1-2H3. The summed E-state index contributed by atoms with van der Waals surface area (Å²) < 4.78 is 0. The number of aromatic nitrogens is 1. The minimum atomic E-state index is 0.361. The number of rotatable bonds is 4. The van der Waals surface area contributed by atoms with Crippen LogP contribution in [-0.2, 0) is 0 Å². The van der Waals surface area contributed by atoms with E-state index in [0.717, 1.165) is 18.1 Å². The summed E-state index contributed by atoms with van der Waals surface area (Å²) in [4.78, 5) is 6.15. The van der Waals surface area contributed by atoms with Gasteiger partial charge in [0, 0.05) is 19.3 Å². The predicted octanol–water partition coefficient (Wildman–Crippen LogP) is 2.41. The topological polar surface area (TPSA) is 39.9 Å². The van der Waals surface area contributed by atoms with Crippen LogP contribution in [0, 0.1) is 11.3 Å². The van der Waals surface area contributed by atoms with Crippen LogP contribution >= 0.6 is 23.4 Å². The van der Waals surface area contributed by atoms with Crippen molar-refractivity contribution in [1.29, 1.82) is 5.26 Å². The number of thioether (sulfide) groups is 1. The van der Waals surface area contributed by atoms with Gasteiger partial charge in [-0.05, 0) is 18.4 Å². The lowest BCUT2D eigenvalue weighted by Crippen LogP contribution is -2.21. The number of halogens is 1. The van der Waals surface area contributed by atoms with E-state index in [4.69, 9.17) is 16.9 Å². The molecule has 3 nitrogen and oxygen atoms in total. The Hall–Kier alpha value is -0.920. The fraction of sp³-hybridized carbons (Fsp3) is 0.400. The summed E-state index contributed by atoms with van der Waals surface area (Å²) in [6.07, 6.45) is 2.06. The van der Waals surface area contributed by atoms with Gasteiger partial charge in [0.25, 0.3) is 0 Å². The molecule has 0 aliphatic heterocycles. The Labute approximate surface area is 99.1 Å². The molecule has 5 heteroatoms. The lowest BCUT2D eigenvalue weighted by molar-refractivity contribution is 0.946. The average molecular weight is 242 g/mol. The third-order valence-electron chi connectivity index (χ3n) is 1.93. The van der Waals surface area contributed by atoms with Crippen LogP contribution in [0.2, 0.25) is 5.15 Å². The summed E-state index contributed by atoms with van der Waals surface area (Å²) in [6, 6.07) is 5.37. The number of hydrogen-bond acceptors (Lipinski definition) is 4. The van der Waals surface area contributed by atoms with Crippen LogP contribution in [0.4, 0.5) is 5.82 Å². The minimum Gasteiger partial charge on any atom is -0.359 e. The highest BCUT2D eigenvalue weighted by atomic mass is 35.5. The second kappa shape index (κ2) is 5.84. The second-order valence-electron chi connectivity index (χ2n) is 3.06. The molecule has 0 N–H and O–H groups in total. The van der Waals surface area contributed by atoms with Gasteiger partial charge in [-0.25, -0.2) is 4.98 Å². The van der Waals surface area contributed by atoms with Gasteiger partial charge in [-0.1, -0.05) is 11.6 Å². The lowest BCUT2D eigenvalue weighted by Gasteiger charge is -2.17. The fourth-order valence-corrected chi connectivity index (χ4v) is 1.75. The smallest absolute Gasteiger partial charge is 0.132 e. The molecular weight excluding hydrogens is 230 g/mol. The van der Waals surface area contributed by atoms with Crippen LogP contribution < -0.4 is 4.90 Å². The van der Waals surface area contributed by atoms with Crippen LogP contribution in [0.3, 0.4) is 0 Å². The maximum absolute atomic E-state index is 8.79. The molecule has 0 unspecified atom stereocenters. The first-order valence-electron chi connectivity index (χ1n) is 4.45. The van der Waals surface area contributed by atoms with E-state index < -0.39 is 0 Å². The van der Waals surface area contributed by atoms with E-state index in [2.05, 4.69) is 17.3 Å². The molecule has 0 radical (unpaired) electrons. The van der Waals surface area contributed by atoms with Gasteiger partial charge in [0.1, 0.15) is 11.0 Å². The van der Waals surface area contributed by atoms with Crippen LogP contribution in [0.25, 0.3) is 0 Å². The maximum atomic E-state index is 8.79. The molecule has 0 saturated heterocycles. The van der Waals surface area contributed by atoms with Gasteiger partial charge in [0.05, 0.1) is 11.6 Å². The molecule has 0 amide bonds. The third-order valence-corrected chi connectivity index (χ3v) is 2.72. The van der Waals surface area contributed by atoms with Crippen LogP contribution in [0.15, 0.2) is 12.1 Å². The van der Waals surface area contributed by atoms with Gasteiger partial charge >= 0.3 is 0 Å². The number of anilines is 1. The Bertz CT molecular complexity index is 375. The molecule has 1 rings (SSSR count). The van der Waals surface area contributed by atoms with E-state index in [1.807, 2.05) is 11.9 Å². The van der Waals surface area contributed by atoms with Gasteiger partial charge in [-0.15, -0.1) is 0 Å². The Morgan fingerprint density at radius 3 is 2.93 bits per heavy atom. The summed E-state index contributed by atoms with van der Waals surface area (Å²) in [5.74, 6) is 1.76. The molecule has 15 heavy (non-hydrogen) atoms. The zero-order valence-electron chi connectivity index (χ0n) is 8.70. The van der Waals surface area contributed by atoms with Crippen molar-refractivity contribution in [2.24, 2.45) is 0 Å². The Kier molecular flexibility index (Phi) is 4.73. The predicted molar refractivity (Wildman–Crippen MR) is 65.6 cm³/mol. The molecule has 1 aromatic heterocycles. The molecule has 0 aliphatic carbocycles. The van der Waals surface area contributed by atoms with Crippen molar-refractivity contribution in [3.63, 3.8) is 0 Å². The first-order valence-corrected chi connectivity index (χ1v) is 6.22. The molecule has 1 aromatic rings. The van der Waals surface area contributed by atoms with Crippen LogP contribution in [0.1, 0.15) is 5.56 Å². The van der Waals surface area contributed by atoms with Gasteiger partial charge in [0.2, 0.25) is 0 Å². The largest absolute Gasteiger partial charge is 0.359 e. The van der Waals surface area contributed by atoms with Gasteiger partial charge in [0.15, 0.2) is 0 Å². The van der Waals surface area contributed by atoms with Crippen molar-refractivity contribution < 1.29 is 0 Å². The van der Waals surface area contributed by atoms with E-state index in [9.17, 15) is 0 Å². The first kappa shape index (κ1) is 12.2. The quantitative estimate of drug-likeness (QED) is 0.759. The van der Waals surface area contributed by atoms with Crippen molar-refractivity contribution in [1.82, 2.24) is 4.98 Å². The summed E-state index contributed by atoms with van der Waals surface area (Å²) in [7, 11) is 1.94. The number of nitriles is 1. The number of nitrogens with zero attached hydrogens (tertiary/aromatic N) is 3. The van der Waals surface area contributed by atoms with Gasteiger partial charge in [-0.3, -0.25) is 0 Å². The Morgan fingerprint density at radius 1 is 1.60 bits per heavy atom. The number of pyridine rings is 1. The van der Waals surface area contributed by atoms with E-state index >= 15 is 0 Å². The molecule has 0 aliphatic rings. The fourth-order valence-electron chi connectivity index (χ4n) is 1.09.